The molecule has 0 saturated carbocycles. The normalized spacial score (nSPS) is 17.0. The van der Waals surface area contributed by atoms with Gasteiger partial charge in [-0.1, -0.05) is 6.07 Å². The highest BCUT2D eigenvalue weighted by Crippen LogP contribution is 2.24. The molecule has 0 saturated heterocycles. The van der Waals surface area contributed by atoms with E-state index in [1.807, 2.05) is 32.9 Å². The summed E-state index contributed by atoms with van der Waals surface area (Å²) in [5.74, 6) is -0.346. The summed E-state index contributed by atoms with van der Waals surface area (Å²) in [6.07, 6.45) is 1.03. The molecule has 0 aliphatic heterocycles. The van der Waals surface area contributed by atoms with Crippen molar-refractivity contribution in [2.45, 2.75) is 45.3 Å². The molecule has 0 bridgehead atoms. The summed E-state index contributed by atoms with van der Waals surface area (Å²) in [4.78, 5) is 23.3. The molecular formula is C16H21NO4. The maximum absolute atomic E-state index is 11.8. The van der Waals surface area contributed by atoms with Crippen LogP contribution in [0.2, 0.25) is 0 Å². The molecule has 2 rings (SSSR count). The van der Waals surface area contributed by atoms with Crippen molar-refractivity contribution in [1.29, 1.82) is 0 Å². The maximum atomic E-state index is 11.8. The van der Waals surface area contributed by atoms with E-state index in [1.54, 1.807) is 6.07 Å². The second-order valence-electron chi connectivity index (χ2n) is 6.23. The van der Waals surface area contributed by atoms with Gasteiger partial charge in [-0.05, 0) is 56.9 Å². The van der Waals surface area contributed by atoms with Crippen molar-refractivity contribution in [3.8, 4) is 0 Å². The molecule has 1 N–H and O–H groups in total. The largest absolute Gasteiger partial charge is 0.465 e. The lowest BCUT2D eigenvalue weighted by Crippen LogP contribution is -2.39. The lowest BCUT2D eigenvalue weighted by Gasteiger charge is -2.21. The molecule has 114 valence electrons. The van der Waals surface area contributed by atoms with Gasteiger partial charge >= 0.3 is 12.1 Å². The van der Waals surface area contributed by atoms with Crippen LogP contribution in [-0.2, 0) is 22.3 Å². The number of hydrogen-bond donors (Lipinski definition) is 1. The van der Waals surface area contributed by atoms with Crippen LogP contribution in [0.3, 0.4) is 0 Å². The summed E-state index contributed by atoms with van der Waals surface area (Å²) >= 11 is 0. The molecule has 5 heteroatoms. The number of esters is 1. The molecule has 1 amide bonds. The molecule has 0 heterocycles. The van der Waals surface area contributed by atoms with Gasteiger partial charge < -0.3 is 14.8 Å². The van der Waals surface area contributed by atoms with Crippen LogP contribution in [-0.4, -0.2) is 30.8 Å². The number of carbonyl (C=O) groups is 2. The van der Waals surface area contributed by atoms with Crippen LogP contribution in [0, 0.1) is 0 Å². The third-order valence-electron chi connectivity index (χ3n) is 3.28. The van der Waals surface area contributed by atoms with Crippen LogP contribution < -0.4 is 5.32 Å². The molecule has 1 aromatic rings. The van der Waals surface area contributed by atoms with Crippen LogP contribution in [0.1, 0.15) is 42.3 Å². The minimum atomic E-state index is -0.506. The lowest BCUT2D eigenvalue weighted by atomic mass is 10.1. The minimum Gasteiger partial charge on any atom is -0.465 e. The standard InChI is InChI=1S/C16H21NO4/c1-16(2,3)21-15(19)17-13-8-10-5-6-11(14(18)20-4)7-12(10)9-13/h5-7,13H,8-9H2,1-4H3,(H,17,19). The Morgan fingerprint density at radius 1 is 1.19 bits per heavy atom. The molecule has 0 radical (unpaired) electrons. The fraction of sp³-hybridized carbons (Fsp3) is 0.500. The van der Waals surface area contributed by atoms with Crippen molar-refractivity contribution in [2.24, 2.45) is 0 Å². The summed E-state index contributed by atoms with van der Waals surface area (Å²) in [5, 5.41) is 2.87. The second kappa shape index (κ2) is 5.76. The number of hydrogen-bond acceptors (Lipinski definition) is 4. The Bertz CT molecular complexity index is 560. The molecular weight excluding hydrogens is 270 g/mol. The van der Waals surface area contributed by atoms with Crippen molar-refractivity contribution in [1.82, 2.24) is 5.32 Å². The molecule has 5 nitrogen and oxygen atoms in total. The second-order valence-corrected chi connectivity index (χ2v) is 6.23. The Balaban J connectivity index is 2.00. The SMILES string of the molecule is COC(=O)c1ccc2c(c1)CC(NC(=O)OC(C)(C)C)C2. The summed E-state index contributed by atoms with van der Waals surface area (Å²) in [6, 6.07) is 5.50. The summed E-state index contributed by atoms with van der Waals surface area (Å²) < 4.78 is 9.97. The van der Waals surface area contributed by atoms with Gasteiger partial charge in [-0.15, -0.1) is 0 Å². The zero-order valence-corrected chi connectivity index (χ0v) is 12.9. The number of ether oxygens (including phenoxy) is 2. The lowest BCUT2D eigenvalue weighted by molar-refractivity contribution is 0.0505. The highest BCUT2D eigenvalue weighted by molar-refractivity contribution is 5.89. The summed E-state index contributed by atoms with van der Waals surface area (Å²) in [5.41, 5.74) is 2.24. The van der Waals surface area contributed by atoms with Crippen molar-refractivity contribution < 1.29 is 19.1 Å². The predicted molar refractivity (Wildman–Crippen MR) is 78.3 cm³/mol. The topological polar surface area (TPSA) is 64.6 Å². The summed E-state index contributed by atoms with van der Waals surface area (Å²) in [7, 11) is 1.36. The van der Waals surface area contributed by atoms with Crippen LogP contribution >= 0.6 is 0 Å². The van der Waals surface area contributed by atoms with Crippen LogP contribution in [0.15, 0.2) is 18.2 Å². The number of amides is 1. The molecule has 0 aromatic heterocycles. The molecule has 21 heavy (non-hydrogen) atoms. The molecule has 1 aromatic carbocycles. The van der Waals surface area contributed by atoms with Gasteiger partial charge in [0.2, 0.25) is 0 Å². The first-order chi connectivity index (χ1) is 9.78. The smallest absolute Gasteiger partial charge is 0.407 e. The van der Waals surface area contributed by atoms with Crippen molar-refractivity contribution in [2.75, 3.05) is 7.11 Å². The Hall–Kier alpha value is -2.04. The molecule has 1 unspecified atom stereocenters. The number of fused-ring (bicyclic) bond motifs is 1. The molecule has 1 atom stereocenters. The third-order valence-corrected chi connectivity index (χ3v) is 3.28. The highest BCUT2D eigenvalue weighted by Gasteiger charge is 2.26. The van der Waals surface area contributed by atoms with E-state index >= 15 is 0 Å². The van der Waals surface area contributed by atoms with Gasteiger partial charge in [0.15, 0.2) is 0 Å². The van der Waals surface area contributed by atoms with E-state index in [0.717, 1.165) is 17.5 Å². The number of rotatable bonds is 2. The average molecular weight is 291 g/mol. The number of carbonyl (C=O) groups excluding carboxylic acids is 2. The first-order valence-corrected chi connectivity index (χ1v) is 6.98. The zero-order valence-electron chi connectivity index (χ0n) is 12.9. The van der Waals surface area contributed by atoms with E-state index in [1.165, 1.54) is 7.11 Å². The number of alkyl carbamates (subject to hydrolysis) is 1. The Labute approximate surface area is 124 Å². The Morgan fingerprint density at radius 3 is 2.48 bits per heavy atom. The van der Waals surface area contributed by atoms with E-state index in [2.05, 4.69) is 5.32 Å². The Kier molecular flexibility index (Phi) is 4.21. The van der Waals surface area contributed by atoms with Gasteiger partial charge in [-0.2, -0.15) is 0 Å². The van der Waals surface area contributed by atoms with Gasteiger partial charge in [0.1, 0.15) is 5.60 Å². The van der Waals surface area contributed by atoms with Gasteiger partial charge in [0.05, 0.1) is 12.7 Å². The van der Waals surface area contributed by atoms with E-state index in [4.69, 9.17) is 9.47 Å². The first-order valence-electron chi connectivity index (χ1n) is 6.98. The van der Waals surface area contributed by atoms with Crippen LogP contribution in [0.5, 0.6) is 0 Å². The molecule has 1 aliphatic carbocycles. The Morgan fingerprint density at radius 2 is 1.86 bits per heavy atom. The quantitative estimate of drug-likeness (QED) is 0.850. The van der Waals surface area contributed by atoms with Gasteiger partial charge in [0.25, 0.3) is 0 Å². The van der Waals surface area contributed by atoms with Crippen LogP contribution in [0.4, 0.5) is 4.79 Å². The maximum Gasteiger partial charge on any atom is 0.407 e. The monoisotopic (exact) mass is 291 g/mol. The molecule has 0 fully saturated rings. The van der Waals surface area contributed by atoms with Crippen molar-refractivity contribution >= 4 is 12.1 Å². The van der Waals surface area contributed by atoms with E-state index in [9.17, 15) is 9.59 Å². The van der Waals surface area contributed by atoms with Gasteiger partial charge in [-0.25, -0.2) is 9.59 Å². The zero-order chi connectivity index (χ0) is 15.6. The van der Waals surface area contributed by atoms with Gasteiger partial charge in [-0.3, -0.25) is 0 Å². The van der Waals surface area contributed by atoms with E-state index in [-0.39, 0.29) is 12.0 Å². The molecule has 1 aliphatic rings. The highest BCUT2D eigenvalue weighted by atomic mass is 16.6. The number of nitrogens with one attached hydrogen (secondary N) is 1. The van der Waals surface area contributed by atoms with Gasteiger partial charge in [0, 0.05) is 6.04 Å². The number of methoxy groups -OCH3 is 1. The van der Waals surface area contributed by atoms with Crippen molar-refractivity contribution in [3.63, 3.8) is 0 Å². The third kappa shape index (κ3) is 3.97. The van der Waals surface area contributed by atoms with Crippen molar-refractivity contribution in [3.05, 3.63) is 34.9 Å². The fourth-order valence-corrected chi connectivity index (χ4v) is 2.44. The van der Waals surface area contributed by atoms with E-state index in [0.29, 0.717) is 12.0 Å². The summed E-state index contributed by atoms with van der Waals surface area (Å²) in [6.45, 7) is 5.50. The first kappa shape index (κ1) is 15.4. The average Bonchev–Trinajstić information content (AvgIpc) is 2.76. The minimum absolute atomic E-state index is 0.00254. The number of benzene rings is 1. The fourth-order valence-electron chi connectivity index (χ4n) is 2.44. The molecule has 0 spiro atoms. The van der Waals surface area contributed by atoms with E-state index < -0.39 is 11.7 Å². The predicted octanol–water partition coefficient (Wildman–Crippen LogP) is 2.47. The van der Waals surface area contributed by atoms with Crippen LogP contribution in [0.25, 0.3) is 0 Å².